The summed E-state index contributed by atoms with van der Waals surface area (Å²) in [7, 11) is 0. The fraction of sp³-hybridized carbons (Fsp3) is 0.875. The molecule has 4 N–H and O–H groups in total. The quantitative estimate of drug-likeness (QED) is 0.626. The molecule has 126 valence electrons. The summed E-state index contributed by atoms with van der Waals surface area (Å²) in [5.41, 5.74) is 5.76. The molecular weight excluding hydrogens is 284 g/mol. The molecule has 2 aliphatic rings. The zero-order valence-electron chi connectivity index (χ0n) is 13.8. The second-order valence-corrected chi connectivity index (χ2v) is 8.00. The number of carbonyl (C=O) groups excluding carboxylic acids is 1. The number of hydrogen-bond acceptors (Lipinski definition) is 4. The van der Waals surface area contributed by atoms with Gasteiger partial charge in [0.1, 0.15) is 0 Å². The summed E-state index contributed by atoms with van der Waals surface area (Å²) >= 11 is 0. The van der Waals surface area contributed by atoms with E-state index < -0.39 is 17.9 Å². The molecule has 22 heavy (non-hydrogen) atoms. The Balaban J connectivity index is 1.76. The standard InChI is InChI=1S/C16H28N2O4/c1-14(2,3)15(4-5-15)9-22-10-16(6-7-16)18-13(21)11(17)8-12(19)20/h11H,4-10,17H2,1-3H3,(H,18,21)(H,19,20)/t11-/m0/s1. The Labute approximate surface area is 131 Å². The largest absolute Gasteiger partial charge is 0.481 e. The Morgan fingerprint density at radius 1 is 1.23 bits per heavy atom. The molecule has 0 unspecified atom stereocenters. The van der Waals surface area contributed by atoms with Gasteiger partial charge in [-0.3, -0.25) is 9.59 Å². The predicted octanol–water partition coefficient (Wildman–Crippen LogP) is 1.28. The van der Waals surface area contributed by atoms with Crippen molar-refractivity contribution in [3.63, 3.8) is 0 Å². The number of aliphatic carboxylic acids is 1. The average molecular weight is 312 g/mol. The summed E-state index contributed by atoms with van der Waals surface area (Å²) in [6, 6.07) is -1.00. The van der Waals surface area contributed by atoms with Gasteiger partial charge < -0.3 is 20.9 Å². The second-order valence-electron chi connectivity index (χ2n) is 8.00. The Kier molecular flexibility index (Phi) is 4.55. The zero-order valence-corrected chi connectivity index (χ0v) is 13.8. The van der Waals surface area contributed by atoms with Crippen LogP contribution in [0.4, 0.5) is 0 Å². The Morgan fingerprint density at radius 3 is 2.23 bits per heavy atom. The van der Waals surface area contributed by atoms with Gasteiger partial charge in [0.2, 0.25) is 5.91 Å². The first-order chi connectivity index (χ1) is 10.1. The molecule has 0 spiro atoms. The van der Waals surface area contributed by atoms with Crippen molar-refractivity contribution >= 4 is 11.9 Å². The van der Waals surface area contributed by atoms with E-state index >= 15 is 0 Å². The minimum Gasteiger partial charge on any atom is -0.481 e. The Bertz CT molecular complexity index is 448. The Hall–Kier alpha value is -1.14. The van der Waals surface area contributed by atoms with Crippen LogP contribution in [0.2, 0.25) is 0 Å². The first-order valence-electron chi connectivity index (χ1n) is 7.96. The van der Waals surface area contributed by atoms with Crippen molar-refractivity contribution in [2.75, 3.05) is 13.2 Å². The van der Waals surface area contributed by atoms with Crippen LogP contribution in [0.1, 0.15) is 52.9 Å². The summed E-state index contributed by atoms with van der Waals surface area (Å²) < 4.78 is 5.90. The van der Waals surface area contributed by atoms with Crippen molar-refractivity contribution in [3.05, 3.63) is 0 Å². The van der Waals surface area contributed by atoms with Gasteiger partial charge in [0.25, 0.3) is 0 Å². The zero-order chi connectivity index (χ0) is 16.6. The average Bonchev–Trinajstić information content (AvgIpc) is 3.25. The fourth-order valence-electron chi connectivity index (χ4n) is 2.79. The lowest BCUT2D eigenvalue weighted by molar-refractivity contribution is -0.139. The molecule has 0 aromatic rings. The van der Waals surface area contributed by atoms with E-state index in [0.717, 1.165) is 19.4 Å². The summed E-state index contributed by atoms with van der Waals surface area (Å²) in [5, 5.41) is 11.5. The molecule has 1 amide bonds. The fourth-order valence-corrected chi connectivity index (χ4v) is 2.79. The van der Waals surface area contributed by atoms with E-state index in [-0.39, 0.29) is 22.8 Å². The van der Waals surface area contributed by atoms with E-state index in [9.17, 15) is 9.59 Å². The molecule has 0 aromatic carbocycles. The summed E-state index contributed by atoms with van der Waals surface area (Å²) in [6.45, 7) is 7.92. The van der Waals surface area contributed by atoms with Gasteiger partial charge in [-0.05, 0) is 36.5 Å². The summed E-state index contributed by atoms with van der Waals surface area (Å²) in [5.74, 6) is -1.47. The maximum absolute atomic E-state index is 11.9. The number of rotatable bonds is 8. The maximum Gasteiger partial charge on any atom is 0.305 e. The highest BCUT2D eigenvalue weighted by Crippen LogP contribution is 2.58. The van der Waals surface area contributed by atoms with E-state index in [1.807, 2.05) is 0 Å². The van der Waals surface area contributed by atoms with Gasteiger partial charge in [0.15, 0.2) is 0 Å². The summed E-state index contributed by atoms with van der Waals surface area (Å²) in [4.78, 5) is 22.5. The topological polar surface area (TPSA) is 102 Å². The van der Waals surface area contributed by atoms with Crippen LogP contribution >= 0.6 is 0 Å². The molecule has 0 bridgehead atoms. The van der Waals surface area contributed by atoms with E-state index in [0.29, 0.717) is 6.61 Å². The molecule has 0 heterocycles. The SMILES string of the molecule is CC(C)(C)C1(COCC2(NC(=O)[C@@H](N)CC(=O)O)CC2)CC1. The number of carbonyl (C=O) groups is 2. The van der Waals surface area contributed by atoms with Gasteiger partial charge in [-0.15, -0.1) is 0 Å². The number of carboxylic acids is 1. The van der Waals surface area contributed by atoms with Gasteiger partial charge >= 0.3 is 5.97 Å². The maximum atomic E-state index is 11.9. The third-order valence-electron chi connectivity index (χ3n) is 5.17. The minimum atomic E-state index is -1.07. The van der Waals surface area contributed by atoms with Crippen molar-refractivity contribution in [1.29, 1.82) is 0 Å². The highest BCUT2D eigenvalue weighted by Gasteiger charge is 2.53. The minimum absolute atomic E-state index is 0.233. The molecule has 2 aliphatic carbocycles. The lowest BCUT2D eigenvalue weighted by atomic mass is 9.78. The van der Waals surface area contributed by atoms with Gasteiger partial charge in [-0.2, -0.15) is 0 Å². The van der Waals surface area contributed by atoms with Crippen LogP contribution in [0.5, 0.6) is 0 Å². The van der Waals surface area contributed by atoms with Crippen molar-refractivity contribution in [2.24, 2.45) is 16.6 Å². The molecule has 0 aliphatic heterocycles. The molecule has 2 saturated carbocycles. The van der Waals surface area contributed by atoms with Gasteiger partial charge in [-0.1, -0.05) is 20.8 Å². The molecule has 0 radical (unpaired) electrons. The monoisotopic (exact) mass is 312 g/mol. The van der Waals surface area contributed by atoms with Crippen molar-refractivity contribution in [1.82, 2.24) is 5.32 Å². The molecule has 1 atom stereocenters. The van der Waals surface area contributed by atoms with Crippen LogP contribution in [0.25, 0.3) is 0 Å². The van der Waals surface area contributed by atoms with Crippen LogP contribution in [-0.2, 0) is 14.3 Å². The molecule has 0 aromatic heterocycles. The lowest BCUT2D eigenvalue weighted by Gasteiger charge is -2.31. The second kappa shape index (κ2) is 5.81. The lowest BCUT2D eigenvalue weighted by Crippen LogP contribution is -2.49. The summed E-state index contributed by atoms with van der Waals surface area (Å²) in [6.07, 6.45) is 3.76. The highest BCUT2D eigenvalue weighted by atomic mass is 16.5. The number of ether oxygens (including phenoxy) is 1. The van der Waals surface area contributed by atoms with Crippen LogP contribution < -0.4 is 11.1 Å². The van der Waals surface area contributed by atoms with E-state index in [1.54, 1.807) is 0 Å². The molecule has 6 heteroatoms. The number of carboxylic acid groups (broad SMARTS) is 1. The molecular formula is C16H28N2O4. The molecule has 2 fully saturated rings. The van der Waals surface area contributed by atoms with Gasteiger partial charge in [0, 0.05) is 0 Å². The van der Waals surface area contributed by atoms with Crippen LogP contribution in [0.3, 0.4) is 0 Å². The van der Waals surface area contributed by atoms with E-state index in [4.69, 9.17) is 15.6 Å². The number of nitrogens with two attached hydrogens (primary N) is 1. The number of nitrogens with one attached hydrogen (secondary N) is 1. The van der Waals surface area contributed by atoms with Crippen LogP contribution in [0, 0.1) is 10.8 Å². The van der Waals surface area contributed by atoms with E-state index in [2.05, 4.69) is 26.1 Å². The van der Waals surface area contributed by atoms with Gasteiger partial charge in [0.05, 0.1) is 31.2 Å². The van der Waals surface area contributed by atoms with Crippen molar-refractivity contribution in [3.8, 4) is 0 Å². The van der Waals surface area contributed by atoms with Gasteiger partial charge in [-0.25, -0.2) is 0 Å². The van der Waals surface area contributed by atoms with Crippen LogP contribution in [0.15, 0.2) is 0 Å². The number of hydrogen-bond donors (Lipinski definition) is 3. The normalized spacial score (nSPS) is 22.7. The smallest absolute Gasteiger partial charge is 0.305 e. The van der Waals surface area contributed by atoms with E-state index in [1.165, 1.54) is 12.8 Å². The predicted molar refractivity (Wildman–Crippen MR) is 82.3 cm³/mol. The Morgan fingerprint density at radius 2 is 1.82 bits per heavy atom. The highest BCUT2D eigenvalue weighted by molar-refractivity contribution is 5.86. The third kappa shape index (κ3) is 3.98. The molecule has 2 rings (SSSR count). The first kappa shape index (κ1) is 17.2. The molecule has 0 saturated heterocycles. The van der Waals surface area contributed by atoms with Crippen molar-refractivity contribution in [2.45, 2.75) is 64.5 Å². The third-order valence-corrected chi connectivity index (χ3v) is 5.17. The molecule has 6 nitrogen and oxygen atoms in total. The first-order valence-corrected chi connectivity index (χ1v) is 7.96. The van der Waals surface area contributed by atoms with Crippen LogP contribution in [-0.4, -0.2) is 41.8 Å². The number of amides is 1. The van der Waals surface area contributed by atoms with Crippen molar-refractivity contribution < 1.29 is 19.4 Å².